The Hall–Kier alpha value is -1.03. The van der Waals surface area contributed by atoms with E-state index in [-0.39, 0.29) is 0 Å². The maximum atomic E-state index is 4.11. The van der Waals surface area contributed by atoms with Crippen LogP contribution in [0.25, 0.3) is 10.3 Å². The predicted molar refractivity (Wildman–Crippen MR) is 49.3 cm³/mol. The number of aromatic nitrogens is 3. The molecule has 0 fully saturated rings. The van der Waals surface area contributed by atoms with Gasteiger partial charge in [-0.15, -0.1) is 16.4 Å². The number of hydrogen-bond acceptors (Lipinski definition) is 4. The van der Waals surface area contributed by atoms with Gasteiger partial charge in [0.1, 0.15) is 0 Å². The molecule has 2 aromatic rings. The molecule has 0 aliphatic carbocycles. The van der Waals surface area contributed by atoms with E-state index in [1.54, 1.807) is 11.3 Å². The van der Waals surface area contributed by atoms with Crippen molar-refractivity contribution in [2.75, 3.05) is 0 Å². The van der Waals surface area contributed by atoms with Gasteiger partial charge >= 0.3 is 0 Å². The summed E-state index contributed by atoms with van der Waals surface area (Å²) in [6, 6.07) is 0. The summed E-state index contributed by atoms with van der Waals surface area (Å²) in [4.78, 5) is 4.11. The Labute approximate surface area is 74.5 Å². The van der Waals surface area contributed by atoms with Crippen molar-refractivity contribution in [3.8, 4) is 0 Å². The van der Waals surface area contributed by atoms with Crippen molar-refractivity contribution in [2.45, 2.75) is 19.8 Å². The molecule has 0 unspecified atom stereocenters. The minimum Gasteiger partial charge on any atom is -0.223 e. The summed E-state index contributed by atoms with van der Waals surface area (Å²) < 4.78 is 1.17. The predicted octanol–water partition coefficient (Wildman–Crippen LogP) is 2.21. The molecule has 0 N–H and O–H groups in total. The molecule has 0 atom stereocenters. The van der Waals surface area contributed by atoms with Crippen molar-refractivity contribution in [3.05, 3.63) is 17.3 Å². The highest BCUT2D eigenvalue weighted by molar-refractivity contribution is 7.16. The van der Waals surface area contributed by atoms with E-state index in [0.29, 0.717) is 5.92 Å². The first-order valence-electron chi connectivity index (χ1n) is 3.84. The van der Waals surface area contributed by atoms with E-state index in [1.165, 1.54) is 10.3 Å². The first-order chi connectivity index (χ1) is 5.79. The average molecular weight is 179 g/mol. The Morgan fingerprint density at radius 2 is 2.25 bits per heavy atom. The number of rotatable bonds is 1. The molecule has 0 aliphatic heterocycles. The molecule has 2 aromatic heterocycles. The molecule has 0 aliphatic rings. The Kier molecular flexibility index (Phi) is 1.77. The van der Waals surface area contributed by atoms with Crippen molar-refractivity contribution in [3.63, 3.8) is 0 Å². The molecular formula is C8H9N3S. The fraction of sp³-hybridized carbons (Fsp3) is 0.375. The van der Waals surface area contributed by atoms with Crippen LogP contribution in [0.3, 0.4) is 0 Å². The van der Waals surface area contributed by atoms with Gasteiger partial charge in [-0.1, -0.05) is 13.8 Å². The Morgan fingerprint density at radius 1 is 1.42 bits per heavy atom. The molecule has 0 spiro atoms. The van der Waals surface area contributed by atoms with Gasteiger partial charge in [-0.25, -0.2) is 4.98 Å². The zero-order valence-corrected chi connectivity index (χ0v) is 7.80. The van der Waals surface area contributed by atoms with Gasteiger partial charge < -0.3 is 0 Å². The number of hydrogen-bond donors (Lipinski definition) is 0. The smallest absolute Gasteiger partial charge is 0.192 e. The molecule has 2 heterocycles. The summed E-state index contributed by atoms with van der Waals surface area (Å²) in [5.41, 5.74) is 3.82. The molecule has 0 aromatic carbocycles. The van der Waals surface area contributed by atoms with E-state index < -0.39 is 0 Å². The monoisotopic (exact) mass is 179 g/mol. The van der Waals surface area contributed by atoms with Gasteiger partial charge in [0.25, 0.3) is 0 Å². The summed E-state index contributed by atoms with van der Waals surface area (Å²) in [7, 11) is 0. The van der Waals surface area contributed by atoms with E-state index >= 15 is 0 Å². The second kappa shape index (κ2) is 2.79. The lowest BCUT2D eigenvalue weighted by molar-refractivity contribution is 0.858. The van der Waals surface area contributed by atoms with Crippen molar-refractivity contribution in [1.82, 2.24) is 15.2 Å². The number of fused-ring (bicyclic) bond motifs is 1. The minimum atomic E-state index is 0.489. The molecule has 12 heavy (non-hydrogen) atoms. The Bertz CT molecular complexity index is 394. The zero-order chi connectivity index (χ0) is 8.55. The first-order valence-corrected chi connectivity index (χ1v) is 4.72. The lowest BCUT2D eigenvalue weighted by Gasteiger charge is -2.02. The van der Waals surface area contributed by atoms with Gasteiger partial charge in [0.15, 0.2) is 5.65 Å². The van der Waals surface area contributed by atoms with Gasteiger partial charge in [-0.05, 0) is 11.5 Å². The number of thiazole rings is 1. The molecule has 2 rings (SSSR count). The maximum Gasteiger partial charge on any atom is 0.192 e. The van der Waals surface area contributed by atoms with Crippen molar-refractivity contribution < 1.29 is 0 Å². The SMILES string of the molecule is CC(C)c1cnnc2ncsc12. The second-order valence-electron chi connectivity index (χ2n) is 2.96. The Morgan fingerprint density at radius 3 is 3.00 bits per heavy atom. The summed E-state index contributed by atoms with van der Waals surface area (Å²) in [5, 5.41) is 7.83. The van der Waals surface area contributed by atoms with Gasteiger partial charge in [0.2, 0.25) is 0 Å². The lowest BCUT2D eigenvalue weighted by Crippen LogP contribution is -1.91. The van der Waals surface area contributed by atoms with Crippen LogP contribution in [0, 0.1) is 0 Å². The van der Waals surface area contributed by atoms with Crippen molar-refractivity contribution in [1.29, 1.82) is 0 Å². The van der Waals surface area contributed by atoms with Gasteiger partial charge in [0.05, 0.1) is 16.4 Å². The van der Waals surface area contributed by atoms with Crippen LogP contribution in [0.2, 0.25) is 0 Å². The van der Waals surface area contributed by atoms with E-state index in [9.17, 15) is 0 Å². The lowest BCUT2D eigenvalue weighted by atomic mass is 10.1. The molecule has 0 amide bonds. The van der Waals surface area contributed by atoms with E-state index in [1.807, 2.05) is 11.7 Å². The third-order valence-electron chi connectivity index (χ3n) is 1.78. The fourth-order valence-electron chi connectivity index (χ4n) is 1.12. The largest absolute Gasteiger partial charge is 0.223 e. The standard InChI is InChI=1S/C8H9N3S/c1-5(2)6-3-10-11-8-7(6)12-4-9-8/h3-5H,1-2H3. The van der Waals surface area contributed by atoms with Crippen LogP contribution >= 0.6 is 11.3 Å². The molecule has 0 saturated heterocycles. The summed E-state index contributed by atoms with van der Waals surface area (Å²) >= 11 is 1.63. The topological polar surface area (TPSA) is 38.7 Å². The zero-order valence-electron chi connectivity index (χ0n) is 6.98. The molecule has 3 nitrogen and oxygen atoms in total. The quantitative estimate of drug-likeness (QED) is 0.673. The molecule has 0 saturated carbocycles. The molecule has 0 radical (unpaired) electrons. The highest BCUT2D eigenvalue weighted by Gasteiger charge is 2.07. The van der Waals surface area contributed by atoms with Crippen LogP contribution in [-0.2, 0) is 0 Å². The summed E-state index contributed by atoms with van der Waals surface area (Å²) in [6.45, 7) is 4.30. The summed E-state index contributed by atoms with van der Waals surface area (Å²) in [5.74, 6) is 0.489. The molecule has 4 heteroatoms. The molecular weight excluding hydrogens is 170 g/mol. The minimum absolute atomic E-state index is 0.489. The van der Waals surface area contributed by atoms with E-state index in [2.05, 4.69) is 29.0 Å². The van der Waals surface area contributed by atoms with Gasteiger partial charge in [0, 0.05) is 0 Å². The number of nitrogens with zero attached hydrogens (tertiary/aromatic N) is 3. The van der Waals surface area contributed by atoms with Crippen LogP contribution in [0.15, 0.2) is 11.7 Å². The highest BCUT2D eigenvalue weighted by atomic mass is 32.1. The third kappa shape index (κ3) is 1.08. The van der Waals surface area contributed by atoms with Crippen LogP contribution in [-0.4, -0.2) is 15.2 Å². The fourth-order valence-corrected chi connectivity index (χ4v) is 2.01. The third-order valence-corrected chi connectivity index (χ3v) is 2.65. The van der Waals surface area contributed by atoms with Crippen LogP contribution in [0.5, 0.6) is 0 Å². The molecule has 0 bridgehead atoms. The van der Waals surface area contributed by atoms with Crippen LogP contribution in [0.4, 0.5) is 0 Å². The van der Waals surface area contributed by atoms with E-state index in [0.717, 1.165) is 5.65 Å². The van der Waals surface area contributed by atoms with Gasteiger partial charge in [-0.2, -0.15) is 5.10 Å². The van der Waals surface area contributed by atoms with Crippen LogP contribution < -0.4 is 0 Å². The summed E-state index contributed by atoms with van der Waals surface area (Å²) in [6.07, 6.45) is 1.82. The van der Waals surface area contributed by atoms with E-state index in [4.69, 9.17) is 0 Å². The van der Waals surface area contributed by atoms with Crippen molar-refractivity contribution >= 4 is 21.7 Å². The first kappa shape index (κ1) is 7.61. The highest BCUT2D eigenvalue weighted by Crippen LogP contribution is 2.25. The maximum absolute atomic E-state index is 4.11. The van der Waals surface area contributed by atoms with Crippen LogP contribution in [0.1, 0.15) is 25.3 Å². The average Bonchev–Trinajstić information content (AvgIpc) is 2.49. The molecule has 62 valence electrons. The Balaban J connectivity index is 2.73. The van der Waals surface area contributed by atoms with Crippen molar-refractivity contribution in [2.24, 2.45) is 0 Å². The normalized spacial score (nSPS) is 11.2. The second-order valence-corrected chi connectivity index (χ2v) is 3.81. The van der Waals surface area contributed by atoms with Gasteiger partial charge in [-0.3, -0.25) is 0 Å².